The molecule has 192 valence electrons. The van der Waals surface area contributed by atoms with Gasteiger partial charge in [0.25, 0.3) is 0 Å². The maximum atomic E-state index is 13.2. The van der Waals surface area contributed by atoms with Gasteiger partial charge in [0.1, 0.15) is 5.41 Å². The zero-order chi connectivity index (χ0) is 25.4. The van der Waals surface area contributed by atoms with Crippen molar-refractivity contribution in [2.24, 2.45) is 11.7 Å². The van der Waals surface area contributed by atoms with Gasteiger partial charge in [-0.15, -0.1) is 11.3 Å². The van der Waals surface area contributed by atoms with Gasteiger partial charge in [-0.25, -0.2) is 0 Å². The maximum absolute atomic E-state index is 13.2. The van der Waals surface area contributed by atoms with Crippen LogP contribution in [0.1, 0.15) is 54.0 Å². The van der Waals surface area contributed by atoms with E-state index in [1.807, 2.05) is 47.7 Å². The van der Waals surface area contributed by atoms with Gasteiger partial charge in [-0.3, -0.25) is 4.79 Å². The molecule has 3 aromatic rings. The molecule has 4 rings (SSSR count). The number of benzene rings is 2. The fourth-order valence-electron chi connectivity index (χ4n) is 5.74. The fraction of sp³-hybridized carbons (Fsp3) is 0.452. The predicted octanol–water partition coefficient (Wildman–Crippen LogP) is 5.40. The van der Waals surface area contributed by atoms with Gasteiger partial charge < -0.3 is 16.0 Å². The number of aryl methyl sites for hydroxylation is 2. The summed E-state index contributed by atoms with van der Waals surface area (Å²) in [5, 5.41) is 3.50. The van der Waals surface area contributed by atoms with E-state index in [9.17, 15) is 4.79 Å². The number of primary amides is 1. The topological polar surface area (TPSA) is 58.4 Å². The molecule has 2 heterocycles. The van der Waals surface area contributed by atoms with Crippen LogP contribution in [0.25, 0.3) is 0 Å². The summed E-state index contributed by atoms with van der Waals surface area (Å²) in [5.74, 6) is -0.0888. The van der Waals surface area contributed by atoms with Crippen molar-refractivity contribution in [3.8, 4) is 0 Å². The molecule has 0 spiro atoms. The molecule has 1 aliphatic heterocycles. The number of nitrogens with one attached hydrogen (secondary N) is 1. The molecule has 1 saturated heterocycles. The highest BCUT2D eigenvalue weighted by atomic mass is 32.1. The number of likely N-dealkylation sites (tertiary alicyclic amines) is 1. The van der Waals surface area contributed by atoms with Crippen molar-refractivity contribution in [2.75, 3.05) is 26.2 Å². The molecule has 0 bridgehead atoms. The number of nitrogens with two attached hydrogens (primary N) is 1. The van der Waals surface area contributed by atoms with Crippen LogP contribution >= 0.6 is 11.3 Å². The Morgan fingerprint density at radius 1 is 0.972 bits per heavy atom. The van der Waals surface area contributed by atoms with Crippen molar-refractivity contribution >= 4 is 17.2 Å². The summed E-state index contributed by atoms with van der Waals surface area (Å²) in [6, 6.07) is 25.5. The van der Waals surface area contributed by atoms with Crippen LogP contribution < -0.4 is 11.1 Å². The molecule has 5 heteroatoms. The highest BCUT2D eigenvalue weighted by Crippen LogP contribution is 2.43. The Morgan fingerprint density at radius 3 is 2.11 bits per heavy atom. The van der Waals surface area contributed by atoms with Gasteiger partial charge in [-0.2, -0.15) is 0 Å². The standard InChI is InChI=1S/C31H41N3OS/c1-24(2)33-20-9-15-28-17-18-29(36-28)16-10-21-34-22-19-27(23-34)31(30(32)35,25-11-5-3-6-12-25)26-13-7-4-8-14-26/h3-8,11-14,17-18,24,27,33H,9-10,15-16,19-23H2,1-2H3,(H2,32,35). The molecule has 1 unspecified atom stereocenters. The summed E-state index contributed by atoms with van der Waals surface area (Å²) >= 11 is 1.97. The summed E-state index contributed by atoms with van der Waals surface area (Å²) in [7, 11) is 0. The quantitative estimate of drug-likeness (QED) is 0.307. The van der Waals surface area contributed by atoms with E-state index in [1.165, 1.54) is 16.2 Å². The van der Waals surface area contributed by atoms with E-state index in [4.69, 9.17) is 5.73 Å². The first-order chi connectivity index (χ1) is 17.5. The Balaban J connectivity index is 1.36. The number of thiophene rings is 1. The number of carbonyl (C=O) groups excluding carboxylic acids is 1. The first kappa shape index (κ1) is 26.6. The molecule has 1 aromatic heterocycles. The third-order valence-electron chi connectivity index (χ3n) is 7.50. The van der Waals surface area contributed by atoms with Gasteiger partial charge in [-0.1, -0.05) is 74.5 Å². The number of amides is 1. The van der Waals surface area contributed by atoms with E-state index >= 15 is 0 Å². The zero-order valence-corrected chi connectivity index (χ0v) is 22.6. The summed E-state index contributed by atoms with van der Waals surface area (Å²) in [6.07, 6.45) is 5.58. The molecule has 3 N–H and O–H groups in total. The minimum absolute atomic E-state index is 0.160. The third-order valence-corrected chi connectivity index (χ3v) is 8.70. The molecule has 0 saturated carbocycles. The van der Waals surface area contributed by atoms with Crippen molar-refractivity contribution in [3.63, 3.8) is 0 Å². The molecule has 2 aromatic carbocycles. The van der Waals surface area contributed by atoms with Crippen LogP contribution in [-0.2, 0) is 23.1 Å². The van der Waals surface area contributed by atoms with Crippen molar-refractivity contribution in [1.82, 2.24) is 10.2 Å². The Hall–Kier alpha value is -2.47. The first-order valence-electron chi connectivity index (χ1n) is 13.4. The van der Waals surface area contributed by atoms with Crippen LogP contribution in [0.4, 0.5) is 0 Å². The van der Waals surface area contributed by atoms with Crippen LogP contribution in [0, 0.1) is 5.92 Å². The first-order valence-corrected chi connectivity index (χ1v) is 14.3. The van der Waals surface area contributed by atoms with Crippen molar-refractivity contribution in [1.29, 1.82) is 0 Å². The zero-order valence-electron chi connectivity index (χ0n) is 21.8. The molecule has 1 amide bonds. The van der Waals surface area contributed by atoms with E-state index in [0.29, 0.717) is 6.04 Å². The molecule has 4 nitrogen and oxygen atoms in total. The minimum atomic E-state index is -0.801. The highest BCUT2D eigenvalue weighted by molar-refractivity contribution is 7.11. The average Bonchev–Trinajstić information content (AvgIpc) is 3.54. The lowest BCUT2D eigenvalue weighted by Gasteiger charge is -2.37. The molecule has 0 aliphatic carbocycles. The average molecular weight is 504 g/mol. The largest absolute Gasteiger partial charge is 0.369 e. The third kappa shape index (κ3) is 6.26. The lowest BCUT2D eigenvalue weighted by Crippen LogP contribution is -2.49. The maximum Gasteiger partial charge on any atom is 0.232 e. The molecule has 1 atom stereocenters. The van der Waals surface area contributed by atoms with Crippen LogP contribution in [0.3, 0.4) is 0 Å². The monoisotopic (exact) mass is 503 g/mol. The summed E-state index contributed by atoms with van der Waals surface area (Å²) in [5.41, 5.74) is 7.45. The van der Waals surface area contributed by atoms with Gasteiger partial charge in [0, 0.05) is 22.3 Å². The van der Waals surface area contributed by atoms with E-state index in [2.05, 4.69) is 60.5 Å². The predicted molar refractivity (Wildman–Crippen MR) is 152 cm³/mol. The Bertz CT molecular complexity index is 1040. The Labute approximate surface area is 220 Å². The lowest BCUT2D eigenvalue weighted by molar-refractivity contribution is -0.123. The van der Waals surface area contributed by atoms with Gasteiger partial charge in [0.15, 0.2) is 0 Å². The van der Waals surface area contributed by atoms with Gasteiger partial charge in [0.2, 0.25) is 5.91 Å². The lowest BCUT2D eigenvalue weighted by atomic mass is 9.64. The summed E-state index contributed by atoms with van der Waals surface area (Å²) in [4.78, 5) is 18.8. The Kier molecular flexibility index (Phi) is 9.35. The van der Waals surface area contributed by atoms with Gasteiger partial charge >= 0.3 is 0 Å². The minimum Gasteiger partial charge on any atom is -0.369 e. The molecule has 0 radical (unpaired) electrons. The Morgan fingerprint density at radius 2 is 1.56 bits per heavy atom. The van der Waals surface area contributed by atoms with Crippen molar-refractivity contribution in [2.45, 2.75) is 57.4 Å². The highest BCUT2D eigenvalue weighted by Gasteiger charge is 2.49. The SMILES string of the molecule is CC(C)NCCCc1ccc(CCCN2CCC(C(C(N)=O)(c3ccccc3)c3ccccc3)C2)s1. The number of hydrogen-bond acceptors (Lipinski definition) is 4. The van der Waals surface area contributed by atoms with E-state index in [-0.39, 0.29) is 11.8 Å². The van der Waals surface area contributed by atoms with Gasteiger partial charge in [-0.05, 0) is 80.9 Å². The van der Waals surface area contributed by atoms with Crippen LogP contribution in [0.15, 0.2) is 72.8 Å². The number of carbonyl (C=O) groups is 1. The second-order valence-electron chi connectivity index (χ2n) is 10.4. The number of rotatable bonds is 13. The smallest absolute Gasteiger partial charge is 0.232 e. The van der Waals surface area contributed by atoms with E-state index in [0.717, 1.165) is 63.0 Å². The second kappa shape index (κ2) is 12.7. The van der Waals surface area contributed by atoms with Crippen LogP contribution in [0.2, 0.25) is 0 Å². The molecular formula is C31H41N3OS. The van der Waals surface area contributed by atoms with Gasteiger partial charge in [0.05, 0.1) is 0 Å². The summed E-state index contributed by atoms with van der Waals surface area (Å²) < 4.78 is 0. The van der Waals surface area contributed by atoms with Crippen molar-refractivity contribution in [3.05, 3.63) is 93.7 Å². The van der Waals surface area contributed by atoms with Crippen molar-refractivity contribution < 1.29 is 4.79 Å². The normalized spacial score (nSPS) is 16.6. The van der Waals surface area contributed by atoms with Crippen LogP contribution in [-0.4, -0.2) is 43.0 Å². The second-order valence-corrected chi connectivity index (χ2v) is 11.6. The van der Waals surface area contributed by atoms with E-state index in [1.54, 1.807) is 0 Å². The number of nitrogens with zero attached hydrogens (tertiary/aromatic N) is 1. The summed E-state index contributed by atoms with van der Waals surface area (Å²) in [6.45, 7) is 8.44. The van der Waals surface area contributed by atoms with E-state index < -0.39 is 5.41 Å². The number of hydrogen-bond donors (Lipinski definition) is 2. The molecular weight excluding hydrogens is 462 g/mol. The molecule has 1 fully saturated rings. The fourth-order valence-corrected chi connectivity index (χ4v) is 6.84. The molecule has 1 aliphatic rings. The molecule has 36 heavy (non-hydrogen) atoms. The van der Waals surface area contributed by atoms with Crippen LogP contribution in [0.5, 0.6) is 0 Å².